The summed E-state index contributed by atoms with van der Waals surface area (Å²) in [7, 11) is -3.32. The number of benzene rings is 1. The molecule has 0 aromatic heterocycles. The average Bonchev–Trinajstić information content (AvgIpc) is 2.45. The first-order chi connectivity index (χ1) is 9.80. The Morgan fingerprint density at radius 1 is 1.43 bits per heavy atom. The van der Waals surface area contributed by atoms with E-state index < -0.39 is 15.2 Å². The molecule has 0 spiro atoms. The van der Waals surface area contributed by atoms with Gasteiger partial charge in [0.2, 0.25) is 0 Å². The number of carbonyl (C=O) groups is 1. The van der Waals surface area contributed by atoms with E-state index in [1.165, 1.54) is 4.90 Å². The molecule has 0 radical (unpaired) electrons. The van der Waals surface area contributed by atoms with Crippen LogP contribution in [0, 0.1) is 0 Å². The van der Waals surface area contributed by atoms with Crippen LogP contribution in [0.25, 0.3) is 0 Å². The van der Waals surface area contributed by atoms with Crippen LogP contribution in [0.5, 0.6) is 0 Å². The van der Waals surface area contributed by atoms with E-state index in [0.29, 0.717) is 23.4 Å². The van der Waals surface area contributed by atoms with Crippen molar-refractivity contribution in [2.75, 3.05) is 24.3 Å². The van der Waals surface area contributed by atoms with Crippen LogP contribution in [0.2, 0.25) is 0 Å². The minimum Gasteiger partial charge on any atom is -0.389 e. The van der Waals surface area contributed by atoms with Crippen LogP contribution in [0.15, 0.2) is 24.3 Å². The Hall–Kier alpha value is -1.12. The summed E-state index contributed by atoms with van der Waals surface area (Å²) in [5, 5.41) is -0.780. The molecule has 2 N–H and O–H groups in total. The summed E-state index contributed by atoms with van der Waals surface area (Å²) in [6.07, 6.45) is 1.16. The molecule has 114 valence electrons. The Morgan fingerprint density at radius 2 is 2.10 bits per heavy atom. The fourth-order valence-electron chi connectivity index (χ4n) is 2.14. The van der Waals surface area contributed by atoms with Crippen LogP contribution >= 0.6 is 24.0 Å². The minimum atomic E-state index is -3.32. The van der Waals surface area contributed by atoms with Gasteiger partial charge in [-0.15, -0.1) is 0 Å². The number of nitrogens with zero attached hydrogens (tertiary/aromatic N) is 1. The maximum atomic E-state index is 12.6. The van der Waals surface area contributed by atoms with E-state index in [-0.39, 0.29) is 10.9 Å². The van der Waals surface area contributed by atoms with Crippen molar-refractivity contribution in [2.24, 2.45) is 5.73 Å². The number of thiocarbonyl (C=S) groups is 1. The summed E-state index contributed by atoms with van der Waals surface area (Å²) >= 11 is 6.44. The van der Waals surface area contributed by atoms with Gasteiger partial charge in [-0.2, -0.15) is 11.8 Å². The lowest BCUT2D eigenvalue weighted by atomic mass is 10.1. The SMILES string of the molecule is CS(=O)(=O)C1CSCCN1C(=O)c1cccc(C(N)=S)c1. The summed E-state index contributed by atoms with van der Waals surface area (Å²) in [6, 6.07) is 6.66. The number of hydrogen-bond acceptors (Lipinski definition) is 5. The monoisotopic (exact) mass is 344 g/mol. The van der Waals surface area contributed by atoms with Crippen molar-refractivity contribution in [2.45, 2.75) is 5.37 Å². The molecule has 21 heavy (non-hydrogen) atoms. The quantitative estimate of drug-likeness (QED) is 0.820. The first kappa shape index (κ1) is 16.3. The molecule has 1 unspecified atom stereocenters. The van der Waals surface area contributed by atoms with Crippen LogP contribution in [0.1, 0.15) is 15.9 Å². The topological polar surface area (TPSA) is 80.5 Å². The lowest BCUT2D eigenvalue weighted by molar-refractivity contribution is 0.0749. The summed E-state index contributed by atoms with van der Waals surface area (Å²) in [4.78, 5) is 14.2. The Labute approximate surface area is 133 Å². The highest BCUT2D eigenvalue weighted by molar-refractivity contribution is 8.00. The fourth-order valence-corrected chi connectivity index (χ4v) is 5.08. The Bertz CT molecular complexity index is 673. The van der Waals surface area contributed by atoms with Gasteiger partial charge < -0.3 is 10.6 Å². The lowest BCUT2D eigenvalue weighted by Crippen LogP contribution is -2.49. The third-order valence-corrected chi connectivity index (χ3v) is 6.11. The predicted molar refractivity (Wildman–Crippen MR) is 89.3 cm³/mol. The second-order valence-electron chi connectivity index (χ2n) is 4.80. The molecule has 0 aliphatic carbocycles. The maximum absolute atomic E-state index is 12.6. The number of amides is 1. The van der Waals surface area contributed by atoms with Gasteiger partial charge in [0.05, 0.1) is 0 Å². The van der Waals surface area contributed by atoms with Crippen LogP contribution in [-0.2, 0) is 9.84 Å². The Morgan fingerprint density at radius 3 is 2.71 bits per heavy atom. The molecule has 0 bridgehead atoms. The molecule has 1 aromatic rings. The summed E-state index contributed by atoms with van der Waals surface area (Å²) in [5.74, 6) is 0.829. The highest BCUT2D eigenvalue weighted by atomic mass is 32.2. The van der Waals surface area contributed by atoms with Crippen molar-refractivity contribution in [3.05, 3.63) is 35.4 Å². The zero-order chi connectivity index (χ0) is 15.6. The number of rotatable bonds is 3. The van der Waals surface area contributed by atoms with Gasteiger partial charge in [-0.05, 0) is 12.1 Å². The van der Waals surface area contributed by atoms with Crippen LogP contribution in [0.4, 0.5) is 0 Å². The number of hydrogen-bond donors (Lipinski definition) is 1. The second kappa shape index (κ2) is 6.33. The Balaban J connectivity index is 2.33. The standard InChI is InChI=1S/C13H16N2O3S3/c1-21(17,18)11-8-20-6-5-15(11)13(16)10-4-2-3-9(7-10)12(14)19/h2-4,7,11H,5-6,8H2,1H3,(H2,14,19). The summed E-state index contributed by atoms with van der Waals surface area (Å²) in [6.45, 7) is 0.415. The van der Waals surface area contributed by atoms with E-state index in [4.69, 9.17) is 18.0 Å². The van der Waals surface area contributed by atoms with Gasteiger partial charge in [-0.1, -0.05) is 24.4 Å². The third-order valence-electron chi connectivity index (χ3n) is 3.23. The summed E-state index contributed by atoms with van der Waals surface area (Å²) < 4.78 is 23.7. The Kier molecular flexibility index (Phi) is 4.90. The van der Waals surface area contributed by atoms with Gasteiger partial charge in [0, 0.05) is 35.4 Å². The zero-order valence-electron chi connectivity index (χ0n) is 11.5. The second-order valence-corrected chi connectivity index (χ2v) is 8.60. The van der Waals surface area contributed by atoms with E-state index >= 15 is 0 Å². The highest BCUT2D eigenvalue weighted by Crippen LogP contribution is 2.22. The molecule has 1 saturated heterocycles. The molecule has 1 amide bonds. The summed E-state index contributed by atoms with van der Waals surface area (Å²) in [5.41, 5.74) is 6.56. The highest BCUT2D eigenvalue weighted by Gasteiger charge is 2.34. The van der Waals surface area contributed by atoms with Crippen LogP contribution in [-0.4, -0.2) is 53.9 Å². The molecule has 5 nitrogen and oxygen atoms in total. The van der Waals surface area contributed by atoms with Gasteiger partial charge in [0.1, 0.15) is 10.4 Å². The van der Waals surface area contributed by atoms with Gasteiger partial charge in [-0.3, -0.25) is 4.79 Å². The van der Waals surface area contributed by atoms with Crippen molar-refractivity contribution >= 4 is 44.7 Å². The smallest absolute Gasteiger partial charge is 0.254 e. The molecule has 1 heterocycles. The van der Waals surface area contributed by atoms with Gasteiger partial charge in [0.15, 0.2) is 9.84 Å². The number of thioether (sulfide) groups is 1. The van der Waals surface area contributed by atoms with Gasteiger partial charge >= 0.3 is 0 Å². The molecule has 1 atom stereocenters. The maximum Gasteiger partial charge on any atom is 0.254 e. The molecule has 1 aliphatic heterocycles. The molecule has 1 fully saturated rings. The molecular formula is C13H16N2O3S3. The molecule has 2 rings (SSSR count). The molecule has 1 aromatic carbocycles. The van der Waals surface area contributed by atoms with Crippen molar-refractivity contribution < 1.29 is 13.2 Å². The predicted octanol–water partition coefficient (Wildman–Crippen LogP) is 0.880. The molecular weight excluding hydrogens is 328 g/mol. The number of nitrogens with two attached hydrogens (primary N) is 1. The van der Waals surface area contributed by atoms with Crippen molar-refractivity contribution in [3.63, 3.8) is 0 Å². The van der Waals surface area contributed by atoms with E-state index in [1.807, 2.05) is 0 Å². The largest absolute Gasteiger partial charge is 0.389 e. The minimum absolute atomic E-state index is 0.207. The normalized spacial score (nSPS) is 19.3. The molecule has 1 aliphatic rings. The zero-order valence-corrected chi connectivity index (χ0v) is 13.9. The van der Waals surface area contributed by atoms with Gasteiger partial charge in [-0.25, -0.2) is 8.42 Å². The number of sulfone groups is 1. The van der Waals surface area contributed by atoms with E-state index in [2.05, 4.69) is 0 Å². The van der Waals surface area contributed by atoms with Crippen molar-refractivity contribution in [1.82, 2.24) is 4.90 Å². The van der Waals surface area contributed by atoms with Gasteiger partial charge in [0.25, 0.3) is 5.91 Å². The molecule has 8 heteroatoms. The lowest BCUT2D eigenvalue weighted by Gasteiger charge is -2.34. The van der Waals surface area contributed by atoms with Crippen LogP contribution in [0.3, 0.4) is 0 Å². The van der Waals surface area contributed by atoms with Crippen molar-refractivity contribution in [3.8, 4) is 0 Å². The first-order valence-corrected chi connectivity index (χ1v) is 9.80. The van der Waals surface area contributed by atoms with E-state index in [1.54, 1.807) is 36.0 Å². The van der Waals surface area contributed by atoms with Crippen molar-refractivity contribution in [1.29, 1.82) is 0 Å². The third kappa shape index (κ3) is 3.75. The molecule has 0 saturated carbocycles. The number of carbonyl (C=O) groups excluding carboxylic acids is 1. The average molecular weight is 344 g/mol. The van der Waals surface area contributed by atoms with E-state index in [0.717, 1.165) is 12.0 Å². The fraction of sp³-hybridized carbons (Fsp3) is 0.385. The first-order valence-electron chi connectivity index (χ1n) is 6.28. The van der Waals surface area contributed by atoms with E-state index in [9.17, 15) is 13.2 Å². The van der Waals surface area contributed by atoms with Crippen LogP contribution < -0.4 is 5.73 Å².